The van der Waals surface area contributed by atoms with Gasteiger partial charge in [0, 0.05) is 23.4 Å². The second-order valence-electron chi connectivity index (χ2n) is 6.53. The lowest BCUT2D eigenvalue weighted by Gasteiger charge is -2.10. The van der Waals surface area contributed by atoms with Gasteiger partial charge in [0.15, 0.2) is 0 Å². The Morgan fingerprint density at radius 2 is 1.89 bits per heavy atom. The maximum Gasteiger partial charge on any atom is 0.319 e. The summed E-state index contributed by atoms with van der Waals surface area (Å²) in [5, 5.41) is 9.59. The molecule has 0 aliphatic carbocycles. The van der Waals surface area contributed by atoms with Crippen LogP contribution in [0.3, 0.4) is 0 Å². The zero-order valence-corrected chi connectivity index (χ0v) is 15.6. The highest BCUT2D eigenvalue weighted by Gasteiger charge is 2.09. The molecule has 1 heterocycles. The van der Waals surface area contributed by atoms with Gasteiger partial charge in [0.05, 0.1) is 0 Å². The largest absolute Gasteiger partial charge is 0.336 e. The summed E-state index contributed by atoms with van der Waals surface area (Å²) < 4.78 is 5.29. The summed E-state index contributed by atoms with van der Waals surface area (Å²) in [6, 6.07) is 15.3. The summed E-state index contributed by atoms with van der Waals surface area (Å²) in [5.74, 6) is 0.882. The van der Waals surface area contributed by atoms with Gasteiger partial charge < -0.3 is 15.2 Å². The molecule has 6 heteroatoms. The third-order valence-corrected chi connectivity index (χ3v) is 3.74. The van der Waals surface area contributed by atoms with Crippen molar-refractivity contribution in [3.05, 3.63) is 65.5 Å². The number of benzene rings is 2. The molecule has 0 radical (unpaired) electrons. The van der Waals surface area contributed by atoms with Crippen molar-refractivity contribution >= 4 is 23.9 Å². The van der Waals surface area contributed by atoms with E-state index in [4.69, 9.17) is 4.52 Å². The van der Waals surface area contributed by atoms with E-state index in [9.17, 15) is 4.79 Å². The minimum absolute atomic E-state index is 0.0632. The van der Waals surface area contributed by atoms with Gasteiger partial charge in [-0.15, -0.1) is 0 Å². The molecule has 0 aliphatic rings. The molecule has 138 valence electrons. The highest BCUT2D eigenvalue weighted by atomic mass is 16.5. The molecule has 27 heavy (non-hydrogen) atoms. The first-order valence-corrected chi connectivity index (χ1v) is 8.76. The number of nitrogens with one attached hydrogen (secondary N) is 2. The van der Waals surface area contributed by atoms with E-state index in [1.807, 2.05) is 69.3 Å². The van der Waals surface area contributed by atoms with Gasteiger partial charge in [0.2, 0.25) is 5.82 Å². The van der Waals surface area contributed by atoms with E-state index in [1.165, 1.54) is 5.56 Å². The average molecular weight is 362 g/mol. The van der Waals surface area contributed by atoms with Crippen molar-refractivity contribution in [2.24, 2.45) is 0 Å². The number of aryl methyl sites for hydroxylation is 1. The van der Waals surface area contributed by atoms with Gasteiger partial charge in [-0.2, -0.15) is 4.98 Å². The fourth-order valence-electron chi connectivity index (χ4n) is 2.43. The summed E-state index contributed by atoms with van der Waals surface area (Å²) in [6.45, 7) is 5.86. The number of urea groups is 1. The van der Waals surface area contributed by atoms with Crippen LogP contribution < -0.4 is 10.6 Å². The molecule has 2 N–H and O–H groups in total. The lowest BCUT2D eigenvalue weighted by atomic mass is 10.1. The molecule has 0 bridgehead atoms. The molecule has 0 saturated heterocycles. The molecule has 0 atom stereocenters. The molecule has 3 rings (SSSR count). The van der Waals surface area contributed by atoms with Crippen LogP contribution in [-0.2, 0) is 0 Å². The SMILES string of the molecule is Cc1ccc(C=Cc2nc(-c3cccc(NC(=O)NC(C)C)c3)no2)cc1. The normalized spacial score (nSPS) is 11.1. The lowest BCUT2D eigenvalue weighted by Crippen LogP contribution is -2.34. The molecule has 6 nitrogen and oxygen atoms in total. The van der Waals surface area contributed by atoms with Crippen LogP contribution in [0.25, 0.3) is 23.5 Å². The second kappa shape index (κ2) is 8.31. The van der Waals surface area contributed by atoms with Crippen LogP contribution in [0.5, 0.6) is 0 Å². The van der Waals surface area contributed by atoms with Crippen molar-refractivity contribution in [2.75, 3.05) is 5.32 Å². The number of anilines is 1. The molecule has 0 fully saturated rings. The van der Waals surface area contributed by atoms with Gasteiger partial charge >= 0.3 is 6.03 Å². The summed E-state index contributed by atoms with van der Waals surface area (Å²) in [4.78, 5) is 16.2. The summed E-state index contributed by atoms with van der Waals surface area (Å²) in [6.07, 6.45) is 3.70. The monoisotopic (exact) mass is 362 g/mol. The quantitative estimate of drug-likeness (QED) is 0.687. The van der Waals surface area contributed by atoms with Gasteiger partial charge in [0.1, 0.15) is 0 Å². The number of carbonyl (C=O) groups excluding carboxylic acids is 1. The predicted molar refractivity (Wildman–Crippen MR) is 107 cm³/mol. The Kier molecular flexibility index (Phi) is 5.66. The lowest BCUT2D eigenvalue weighted by molar-refractivity contribution is 0.250. The van der Waals surface area contributed by atoms with E-state index in [2.05, 4.69) is 20.8 Å². The van der Waals surface area contributed by atoms with E-state index in [1.54, 1.807) is 12.1 Å². The third-order valence-electron chi connectivity index (χ3n) is 3.74. The molecule has 0 aliphatic heterocycles. The zero-order chi connectivity index (χ0) is 19.2. The molecular formula is C21H22N4O2. The first-order valence-electron chi connectivity index (χ1n) is 8.76. The van der Waals surface area contributed by atoms with Crippen LogP contribution in [0, 0.1) is 6.92 Å². The maximum absolute atomic E-state index is 11.8. The predicted octanol–water partition coefficient (Wildman–Crippen LogP) is 4.75. The molecular weight excluding hydrogens is 340 g/mol. The van der Waals surface area contributed by atoms with Gasteiger partial charge in [-0.05, 0) is 44.5 Å². The summed E-state index contributed by atoms with van der Waals surface area (Å²) in [5.41, 5.74) is 3.69. The average Bonchev–Trinajstić information content (AvgIpc) is 3.10. The van der Waals surface area contributed by atoms with Crippen LogP contribution in [-0.4, -0.2) is 22.2 Å². The van der Waals surface area contributed by atoms with E-state index in [0.29, 0.717) is 17.4 Å². The number of amides is 2. The van der Waals surface area contributed by atoms with E-state index >= 15 is 0 Å². The number of nitrogens with zero attached hydrogens (tertiary/aromatic N) is 2. The highest BCUT2D eigenvalue weighted by Crippen LogP contribution is 2.20. The Morgan fingerprint density at radius 1 is 1.11 bits per heavy atom. The molecule has 0 saturated carbocycles. The topological polar surface area (TPSA) is 80.0 Å². The Morgan fingerprint density at radius 3 is 2.63 bits per heavy atom. The first kappa shape index (κ1) is 18.4. The highest BCUT2D eigenvalue weighted by molar-refractivity contribution is 5.90. The number of aromatic nitrogens is 2. The van der Waals surface area contributed by atoms with Crippen LogP contribution in [0.15, 0.2) is 53.1 Å². The van der Waals surface area contributed by atoms with E-state index in [0.717, 1.165) is 11.1 Å². The number of rotatable bonds is 5. The van der Waals surface area contributed by atoms with Crippen molar-refractivity contribution < 1.29 is 9.32 Å². The minimum Gasteiger partial charge on any atom is -0.336 e. The Bertz CT molecular complexity index is 943. The van der Waals surface area contributed by atoms with Crippen LogP contribution >= 0.6 is 0 Å². The fourth-order valence-corrected chi connectivity index (χ4v) is 2.43. The third kappa shape index (κ3) is 5.28. The zero-order valence-electron chi connectivity index (χ0n) is 15.6. The molecule has 2 aromatic carbocycles. The Balaban J connectivity index is 1.71. The van der Waals surface area contributed by atoms with E-state index in [-0.39, 0.29) is 12.1 Å². The van der Waals surface area contributed by atoms with Crippen molar-refractivity contribution in [3.8, 4) is 11.4 Å². The summed E-state index contributed by atoms with van der Waals surface area (Å²) >= 11 is 0. The van der Waals surface area contributed by atoms with Gasteiger partial charge in [-0.25, -0.2) is 4.79 Å². The van der Waals surface area contributed by atoms with Crippen molar-refractivity contribution in [3.63, 3.8) is 0 Å². The van der Waals surface area contributed by atoms with Crippen molar-refractivity contribution in [1.29, 1.82) is 0 Å². The van der Waals surface area contributed by atoms with Gasteiger partial charge in [-0.1, -0.05) is 47.1 Å². The Hall–Kier alpha value is -3.41. The maximum atomic E-state index is 11.8. The molecule has 0 unspecified atom stereocenters. The molecule has 3 aromatic rings. The fraction of sp³-hybridized carbons (Fsp3) is 0.190. The first-order chi connectivity index (χ1) is 13.0. The Labute approximate surface area is 158 Å². The molecule has 2 amide bonds. The standard InChI is InChI=1S/C21H22N4O2/c1-14(2)22-21(26)23-18-6-4-5-17(13-18)20-24-19(27-25-20)12-11-16-9-7-15(3)8-10-16/h4-14H,1-3H3,(H2,22,23,26). The number of carbonyl (C=O) groups is 1. The summed E-state index contributed by atoms with van der Waals surface area (Å²) in [7, 11) is 0. The van der Waals surface area contributed by atoms with Crippen LogP contribution in [0.4, 0.5) is 10.5 Å². The smallest absolute Gasteiger partial charge is 0.319 e. The molecule has 1 aromatic heterocycles. The van der Waals surface area contributed by atoms with Crippen molar-refractivity contribution in [1.82, 2.24) is 15.5 Å². The molecule has 0 spiro atoms. The minimum atomic E-state index is -0.253. The number of hydrogen-bond acceptors (Lipinski definition) is 4. The van der Waals surface area contributed by atoms with Gasteiger partial charge in [-0.3, -0.25) is 0 Å². The van der Waals surface area contributed by atoms with Crippen molar-refractivity contribution in [2.45, 2.75) is 26.8 Å². The van der Waals surface area contributed by atoms with Crippen LogP contribution in [0.1, 0.15) is 30.9 Å². The van der Waals surface area contributed by atoms with Gasteiger partial charge in [0.25, 0.3) is 5.89 Å². The van der Waals surface area contributed by atoms with E-state index < -0.39 is 0 Å². The number of hydrogen-bond donors (Lipinski definition) is 2. The van der Waals surface area contributed by atoms with Crippen LogP contribution in [0.2, 0.25) is 0 Å². The second-order valence-corrected chi connectivity index (χ2v) is 6.53.